The van der Waals surface area contributed by atoms with Crippen LogP contribution < -0.4 is 5.32 Å². The van der Waals surface area contributed by atoms with Crippen LogP contribution in [0.3, 0.4) is 0 Å². The van der Waals surface area contributed by atoms with Crippen LogP contribution in [0.1, 0.15) is 30.2 Å². The number of fused-ring (bicyclic) bond motifs is 1. The number of para-hydroxylation sites is 1. The molecule has 1 amide bonds. The molecular weight excluding hydrogens is 340 g/mol. The van der Waals surface area contributed by atoms with Crippen molar-refractivity contribution < 1.29 is 13.6 Å². The second kappa shape index (κ2) is 7.11. The van der Waals surface area contributed by atoms with Gasteiger partial charge in [0.2, 0.25) is 11.8 Å². The first-order valence-corrected chi connectivity index (χ1v) is 8.90. The van der Waals surface area contributed by atoms with Crippen molar-refractivity contribution in [3.63, 3.8) is 0 Å². The van der Waals surface area contributed by atoms with Crippen molar-refractivity contribution >= 4 is 16.9 Å². The minimum Gasteiger partial charge on any atom is -0.459 e. The fraction of sp³-hybridized carbons (Fsp3) is 0.182. The summed E-state index contributed by atoms with van der Waals surface area (Å²) in [7, 11) is 0. The Bertz CT molecular complexity index is 1050. The van der Waals surface area contributed by atoms with Gasteiger partial charge in [-0.15, -0.1) is 0 Å². The van der Waals surface area contributed by atoms with E-state index in [-0.39, 0.29) is 18.4 Å². The normalized spacial score (nSPS) is 12.2. The molecule has 5 nitrogen and oxygen atoms in total. The molecule has 136 valence electrons. The van der Waals surface area contributed by atoms with Crippen LogP contribution in [0.25, 0.3) is 22.4 Å². The molecule has 27 heavy (non-hydrogen) atoms. The predicted molar refractivity (Wildman–Crippen MR) is 103 cm³/mol. The summed E-state index contributed by atoms with van der Waals surface area (Å²) >= 11 is 0. The maximum atomic E-state index is 12.5. The largest absolute Gasteiger partial charge is 0.459 e. The summed E-state index contributed by atoms with van der Waals surface area (Å²) in [6.07, 6.45) is 0.159. The number of aromatic nitrogens is 1. The highest BCUT2D eigenvalue weighted by Gasteiger charge is 2.18. The van der Waals surface area contributed by atoms with E-state index in [0.717, 1.165) is 22.3 Å². The van der Waals surface area contributed by atoms with Crippen molar-refractivity contribution in [2.24, 2.45) is 0 Å². The quantitative estimate of drug-likeness (QED) is 0.554. The Morgan fingerprint density at radius 3 is 2.59 bits per heavy atom. The molecule has 0 aliphatic carbocycles. The molecule has 2 aromatic heterocycles. The topological polar surface area (TPSA) is 68.3 Å². The zero-order valence-electron chi connectivity index (χ0n) is 15.2. The molecule has 0 spiro atoms. The lowest BCUT2D eigenvalue weighted by molar-refractivity contribution is -0.121. The summed E-state index contributed by atoms with van der Waals surface area (Å²) < 4.78 is 11.5. The number of carbonyl (C=O) groups is 1. The Hall–Kier alpha value is -3.34. The maximum absolute atomic E-state index is 12.5. The number of hydrogen-bond acceptors (Lipinski definition) is 4. The number of benzene rings is 2. The van der Waals surface area contributed by atoms with E-state index >= 15 is 0 Å². The number of carbonyl (C=O) groups excluding carboxylic acids is 1. The van der Waals surface area contributed by atoms with Crippen LogP contribution in [0.15, 0.2) is 69.5 Å². The van der Waals surface area contributed by atoms with Crippen molar-refractivity contribution in [2.45, 2.75) is 26.3 Å². The number of amides is 1. The Balaban J connectivity index is 1.45. The van der Waals surface area contributed by atoms with Crippen LogP contribution in [0.5, 0.6) is 0 Å². The number of nitrogens with zero attached hydrogens (tertiary/aromatic N) is 1. The van der Waals surface area contributed by atoms with Crippen LogP contribution in [-0.4, -0.2) is 10.9 Å². The van der Waals surface area contributed by atoms with E-state index < -0.39 is 0 Å². The van der Waals surface area contributed by atoms with Gasteiger partial charge in [-0.1, -0.05) is 36.4 Å². The molecule has 5 heteroatoms. The van der Waals surface area contributed by atoms with Gasteiger partial charge in [0.25, 0.3) is 0 Å². The van der Waals surface area contributed by atoms with Crippen molar-refractivity contribution in [3.8, 4) is 11.5 Å². The summed E-state index contributed by atoms with van der Waals surface area (Å²) in [5.74, 6) is 1.78. The van der Waals surface area contributed by atoms with Crippen molar-refractivity contribution in [3.05, 3.63) is 77.9 Å². The molecular formula is C22H20N2O3. The standard InChI is InChI=1S/C22H20N2O3/c1-14(20-12-17-10-6-7-11-19(17)27-20)23-21(25)13-18-15(2)26-22(24-18)16-8-4-3-5-9-16/h3-12,14H,13H2,1-2H3,(H,23,25). The van der Waals surface area contributed by atoms with Gasteiger partial charge in [-0.05, 0) is 38.1 Å². The molecule has 0 bridgehead atoms. The van der Waals surface area contributed by atoms with Gasteiger partial charge in [0, 0.05) is 10.9 Å². The third kappa shape index (κ3) is 3.62. The van der Waals surface area contributed by atoms with E-state index in [1.54, 1.807) is 0 Å². The SMILES string of the molecule is Cc1oc(-c2ccccc2)nc1CC(=O)NC(C)c1cc2ccccc2o1. The summed E-state index contributed by atoms with van der Waals surface area (Å²) in [6.45, 7) is 3.73. The number of rotatable bonds is 5. The first-order chi connectivity index (χ1) is 13.1. The number of oxazole rings is 1. The Morgan fingerprint density at radius 1 is 1.07 bits per heavy atom. The zero-order chi connectivity index (χ0) is 18.8. The van der Waals surface area contributed by atoms with Crippen LogP contribution in [0, 0.1) is 6.92 Å². The fourth-order valence-corrected chi connectivity index (χ4v) is 3.03. The molecule has 0 radical (unpaired) electrons. The molecule has 0 fully saturated rings. The second-order valence-corrected chi connectivity index (χ2v) is 6.54. The highest BCUT2D eigenvalue weighted by molar-refractivity contribution is 5.80. The smallest absolute Gasteiger partial charge is 0.226 e. The summed E-state index contributed by atoms with van der Waals surface area (Å²) in [5, 5.41) is 3.99. The number of furan rings is 1. The van der Waals surface area contributed by atoms with Crippen molar-refractivity contribution in [2.75, 3.05) is 0 Å². The van der Waals surface area contributed by atoms with E-state index in [0.29, 0.717) is 17.3 Å². The van der Waals surface area contributed by atoms with Crippen molar-refractivity contribution in [1.29, 1.82) is 0 Å². The lowest BCUT2D eigenvalue weighted by Crippen LogP contribution is -2.28. The monoisotopic (exact) mass is 360 g/mol. The molecule has 0 aliphatic heterocycles. The molecule has 0 saturated carbocycles. The van der Waals surface area contributed by atoms with E-state index in [2.05, 4.69) is 10.3 Å². The van der Waals surface area contributed by atoms with E-state index in [4.69, 9.17) is 8.83 Å². The zero-order valence-corrected chi connectivity index (χ0v) is 15.2. The van der Waals surface area contributed by atoms with Gasteiger partial charge in [0.15, 0.2) is 0 Å². The minimum atomic E-state index is -0.231. The van der Waals surface area contributed by atoms with Crippen LogP contribution in [0.4, 0.5) is 0 Å². The molecule has 2 aromatic carbocycles. The second-order valence-electron chi connectivity index (χ2n) is 6.54. The molecule has 1 atom stereocenters. The van der Waals surface area contributed by atoms with Gasteiger partial charge in [0.05, 0.1) is 18.2 Å². The lowest BCUT2D eigenvalue weighted by atomic mass is 10.2. The van der Waals surface area contributed by atoms with Gasteiger partial charge in [-0.3, -0.25) is 4.79 Å². The third-order valence-corrected chi connectivity index (χ3v) is 4.49. The van der Waals surface area contributed by atoms with Gasteiger partial charge >= 0.3 is 0 Å². The van der Waals surface area contributed by atoms with E-state index in [9.17, 15) is 4.79 Å². The third-order valence-electron chi connectivity index (χ3n) is 4.49. The molecule has 1 unspecified atom stereocenters. The highest BCUT2D eigenvalue weighted by Crippen LogP contribution is 2.24. The van der Waals surface area contributed by atoms with Gasteiger partial charge in [0.1, 0.15) is 17.1 Å². The van der Waals surface area contributed by atoms with Crippen molar-refractivity contribution in [1.82, 2.24) is 10.3 Å². The van der Waals surface area contributed by atoms with Crippen LogP contribution >= 0.6 is 0 Å². The lowest BCUT2D eigenvalue weighted by Gasteiger charge is -2.10. The molecule has 4 aromatic rings. The van der Waals surface area contributed by atoms with Crippen LogP contribution in [-0.2, 0) is 11.2 Å². The average molecular weight is 360 g/mol. The Labute approximate surface area is 157 Å². The number of aryl methyl sites for hydroxylation is 1. The minimum absolute atomic E-state index is 0.126. The molecule has 0 saturated heterocycles. The first kappa shape index (κ1) is 17.1. The summed E-state index contributed by atoms with van der Waals surface area (Å²) in [4.78, 5) is 17.0. The van der Waals surface area contributed by atoms with E-state index in [1.165, 1.54) is 0 Å². The summed E-state index contributed by atoms with van der Waals surface area (Å²) in [5.41, 5.74) is 2.35. The Morgan fingerprint density at radius 2 is 1.81 bits per heavy atom. The number of hydrogen-bond donors (Lipinski definition) is 1. The summed E-state index contributed by atoms with van der Waals surface area (Å²) in [6, 6.07) is 19.2. The van der Waals surface area contributed by atoms with E-state index in [1.807, 2.05) is 74.5 Å². The fourth-order valence-electron chi connectivity index (χ4n) is 3.03. The average Bonchev–Trinajstić information content (AvgIpc) is 3.26. The maximum Gasteiger partial charge on any atom is 0.226 e. The van der Waals surface area contributed by atoms with Gasteiger partial charge in [-0.2, -0.15) is 0 Å². The highest BCUT2D eigenvalue weighted by atomic mass is 16.4. The van der Waals surface area contributed by atoms with Gasteiger partial charge < -0.3 is 14.2 Å². The number of nitrogens with one attached hydrogen (secondary N) is 1. The molecule has 2 heterocycles. The Kier molecular flexibility index (Phi) is 4.50. The van der Waals surface area contributed by atoms with Gasteiger partial charge in [-0.25, -0.2) is 4.98 Å². The predicted octanol–water partition coefficient (Wildman–Crippen LogP) is 4.82. The molecule has 1 N–H and O–H groups in total. The first-order valence-electron chi connectivity index (χ1n) is 8.90. The molecule has 4 rings (SSSR count). The molecule has 0 aliphatic rings. The van der Waals surface area contributed by atoms with Crippen LogP contribution in [0.2, 0.25) is 0 Å².